The molecule has 1 fully saturated rings. The number of thiazole rings is 1. The average Bonchev–Trinajstić information content (AvgIpc) is 3.40. The van der Waals surface area contributed by atoms with Crippen LogP contribution in [0.3, 0.4) is 0 Å². The number of H-pyrrole nitrogens is 1. The normalized spacial score (nSPS) is 14.2. The number of nitrogens with one attached hydrogen (secondary N) is 3. The van der Waals surface area contributed by atoms with Crippen molar-refractivity contribution in [3.05, 3.63) is 59.1 Å². The molecule has 152 valence electrons. The van der Waals surface area contributed by atoms with Gasteiger partial charge in [-0.25, -0.2) is 9.97 Å². The van der Waals surface area contributed by atoms with Gasteiger partial charge in [0.05, 0.1) is 16.8 Å². The Morgan fingerprint density at radius 1 is 1.10 bits per heavy atom. The Morgan fingerprint density at radius 2 is 1.93 bits per heavy atom. The molecule has 30 heavy (non-hydrogen) atoms. The Bertz CT molecular complexity index is 1210. The van der Waals surface area contributed by atoms with Gasteiger partial charge in [0.15, 0.2) is 5.13 Å². The number of aromatic nitrogens is 3. The number of aromatic amines is 1. The lowest BCUT2D eigenvalue weighted by molar-refractivity contribution is 0.102. The number of carbonyl (C=O) groups excluding carboxylic acids is 1. The molecule has 2 aromatic carbocycles. The number of aryl methyl sites for hydroxylation is 1. The van der Waals surface area contributed by atoms with Gasteiger partial charge in [-0.3, -0.25) is 10.1 Å². The van der Waals surface area contributed by atoms with E-state index in [-0.39, 0.29) is 5.91 Å². The van der Waals surface area contributed by atoms with Gasteiger partial charge in [0.1, 0.15) is 11.3 Å². The van der Waals surface area contributed by atoms with Crippen LogP contribution in [0, 0.1) is 6.92 Å². The van der Waals surface area contributed by atoms with E-state index in [0.29, 0.717) is 16.2 Å². The second kappa shape index (κ2) is 7.89. The van der Waals surface area contributed by atoms with Crippen molar-refractivity contribution in [2.45, 2.75) is 6.92 Å². The van der Waals surface area contributed by atoms with Gasteiger partial charge in [-0.15, -0.1) is 11.3 Å². The predicted octanol–water partition coefficient (Wildman–Crippen LogP) is 3.66. The lowest BCUT2D eigenvalue weighted by Crippen LogP contribution is -2.43. The Kier molecular flexibility index (Phi) is 4.94. The molecule has 1 amide bonds. The minimum Gasteiger partial charge on any atom is -0.368 e. The molecule has 8 heteroatoms. The van der Waals surface area contributed by atoms with Crippen LogP contribution in [0.4, 0.5) is 10.8 Å². The topological polar surface area (TPSA) is 85.9 Å². The number of fused-ring (bicyclic) bond motifs is 1. The van der Waals surface area contributed by atoms with Gasteiger partial charge >= 0.3 is 0 Å². The molecule has 3 N–H and O–H groups in total. The molecular formula is C22H22N6OS. The summed E-state index contributed by atoms with van der Waals surface area (Å²) < 4.78 is 0. The molecule has 3 heterocycles. The lowest BCUT2D eigenvalue weighted by atomic mass is 10.1. The van der Waals surface area contributed by atoms with E-state index in [1.807, 2.05) is 30.5 Å². The van der Waals surface area contributed by atoms with E-state index in [4.69, 9.17) is 4.98 Å². The number of amides is 1. The number of anilines is 2. The first-order valence-corrected chi connectivity index (χ1v) is 10.8. The number of benzene rings is 2. The van der Waals surface area contributed by atoms with E-state index in [9.17, 15) is 4.79 Å². The smallest absolute Gasteiger partial charge is 0.259 e. The summed E-state index contributed by atoms with van der Waals surface area (Å²) in [5.41, 5.74) is 5.11. The van der Waals surface area contributed by atoms with E-state index in [0.717, 1.165) is 54.5 Å². The number of nitrogens with zero attached hydrogens (tertiary/aromatic N) is 3. The summed E-state index contributed by atoms with van der Waals surface area (Å²) in [4.78, 5) is 27.8. The molecule has 1 aliphatic rings. The molecule has 0 spiro atoms. The molecule has 0 bridgehead atoms. The average molecular weight is 419 g/mol. The number of piperazine rings is 1. The molecule has 1 saturated heterocycles. The molecular weight excluding hydrogens is 396 g/mol. The largest absolute Gasteiger partial charge is 0.368 e. The maximum Gasteiger partial charge on any atom is 0.259 e. The molecule has 0 saturated carbocycles. The van der Waals surface area contributed by atoms with E-state index < -0.39 is 0 Å². The standard InChI is InChI=1S/C22H22N6OS/c1-14-13-30-22(24-14)27-21(29)16-6-4-7-17-19(16)26-20(25-17)15-5-2-3-8-18(15)28-11-9-23-10-12-28/h2-8,13,23H,9-12H2,1H3,(H,25,26)(H,24,27,29). The maximum atomic E-state index is 12.9. The number of hydrogen-bond acceptors (Lipinski definition) is 6. The number of para-hydroxylation sites is 2. The minimum atomic E-state index is -0.205. The van der Waals surface area contributed by atoms with Crippen LogP contribution in [0.1, 0.15) is 16.1 Å². The lowest BCUT2D eigenvalue weighted by Gasteiger charge is -2.30. The molecule has 4 aromatic rings. The third-order valence-electron chi connectivity index (χ3n) is 5.21. The Hall–Kier alpha value is -3.23. The van der Waals surface area contributed by atoms with Crippen LogP contribution in [0.2, 0.25) is 0 Å². The first kappa shape index (κ1) is 18.8. The number of hydrogen-bond donors (Lipinski definition) is 3. The third-order valence-corrected chi connectivity index (χ3v) is 6.09. The summed E-state index contributed by atoms with van der Waals surface area (Å²) in [6.45, 7) is 5.75. The van der Waals surface area contributed by atoms with Crippen molar-refractivity contribution in [1.82, 2.24) is 20.3 Å². The molecule has 5 rings (SSSR count). The molecule has 1 aliphatic heterocycles. The van der Waals surface area contributed by atoms with Crippen LogP contribution >= 0.6 is 11.3 Å². The molecule has 0 unspecified atom stereocenters. The van der Waals surface area contributed by atoms with Crippen molar-refractivity contribution >= 4 is 39.1 Å². The van der Waals surface area contributed by atoms with E-state index in [1.165, 1.54) is 11.3 Å². The first-order chi connectivity index (χ1) is 14.7. The highest BCUT2D eigenvalue weighted by molar-refractivity contribution is 7.13. The highest BCUT2D eigenvalue weighted by Crippen LogP contribution is 2.31. The second-order valence-electron chi connectivity index (χ2n) is 7.29. The van der Waals surface area contributed by atoms with Gasteiger partial charge < -0.3 is 15.2 Å². The SMILES string of the molecule is Cc1csc(NC(=O)c2cccc3[nH]c(-c4ccccc4N4CCNCC4)nc23)n1. The predicted molar refractivity (Wildman–Crippen MR) is 121 cm³/mol. The van der Waals surface area contributed by atoms with Crippen molar-refractivity contribution in [3.63, 3.8) is 0 Å². The van der Waals surface area contributed by atoms with Crippen LogP contribution < -0.4 is 15.5 Å². The van der Waals surface area contributed by atoms with Crippen LogP contribution in [0.5, 0.6) is 0 Å². The zero-order valence-corrected chi connectivity index (χ0v) is 17.4. The molecule has 7 nitrogen and oxygen atoms in total. The number of rotatable bonds is 4. The van der Waals surface area contributed by atoms with Gasteiger partial charge in [-0.1, -0.05) is 18.2 Å². The van der Waals surface area contributed by atoms with E-state index >= 15 is 0 Å². The second-order valence-corrected chi connectivity index (χ2v) is 8.15. The molecule has 0 atom stereocenters. The summed E-state index contributed by atoms with van der Waals surface area (Å²) in [7, 11) is 0. The minimum absolute atomic E-state index is 0.205. The zero-order chi connectivity index (χ0) is 20.5. The quantitative estimate of drug-likeness (QED) is 0.471. The van der Waals surface area contributed by atoms with Crippen LogP contribution in [0.15, 0.2) is 47.8 Å². The maximum absolute atomic E-state index is 12.9. The fraction of sp³-hybridized carbons (Fsp3) is 0.227. The summed E-state index contributed by atoms with van der Waals surface area (Å²) in [6.07, 6.45) is 0. The van der Waals surface area contributed by atoms with Gasteiger partial charge in [0.2, 0.25) is 0 Å². The summed E-state index contributed by atoms with van der Waals surface area (Å²) in [6, 6.07) is 13.9. The van der Waals surface area contributed by atoms with Crippen LogP contribution in [0.25, 0.3) is 22.4 Å². The summed E-state index contributed by atoms with van der Waals surface area (Å²) in [5.74, 6) is 0.563. The first-order valence-electron chi connectivity index (χ1n) is 9.96. The van der Waals surface area contributed by atoms with Crippen molar-refractivity contribution in [1.29, 1.82) is 0 Å². The van der Waals surface area contributed by atoms with Crippen molar-refractivity contribution < 1.29 is 4.79 Å². The van der Waals surface area contributed by atoms with Gasteiger partial charge in [-0.2, -0.15) is 0 Å². The van der Waals surface area contributed by atoms with Crippen molar-refractivity contribution in [2.24, 2.45) is 0 Å². The summed E-state index contributed by atoms with van der Waals surface area (Å²) >= 11 is 1.42. The van der Waals surface area contributed by atoms with Gasteiger partial charge in [0.25, 0.3) is 5.91 Å². The third kappa shape index (κ3) is 3.55. The fourth-order valence-corrected chi connectivity index (χ4v) is 4.46. The van der Waals surface area contributed by atoms with E-state index in [2.05, 4.69) is 43.7 Å². The van der Waals surface area contributed by atoms with Crippen molar-refractivity contribution in [3.8, 4) is 11.4 Å². The van der Waals surface area contributed by atoms with Crippen molar-refractivity contribution in [2.75, 3.05) is 36.4 Å². The molecule has 0 aliphatic carbocycles. The van der Waals surface area contributed by atoms with Gasteiger partial charge in [0, 0.05) is 42.8 Å². The number of carbonyl (C=O) groups is 1. The van der Waals surface area contributed by atoms with E-state index in [1.54, 1.807) is 6.07 Å². The highest BCUT2D eigenvalue weighted by Gasteiger charge is 2.19. The summed E-state index contributed by atoms with van der Waals surface area (Å²) in [5, 5.41) is 8.78. The van der Waals surface area contributed by atoms with Crippen LogP contribution in [-0.4, -0.2) is 47.0 Å². The Morgan fingerprint density at radius 3 is 2.73 bits per heavy atom. The zero-order valence-electron chi connectivity index (χ0n) is 16.6. The van der Waals surface area contributed by atoms with Crippen LogP contribution in [-0.2, 0) is 0 Å². The Labute approximate surface area is 178 Å². The number of imidazole rings is 1. The Balaban J connectivity index is 1.52. The fourth-order valence-electron chi connectivity index (χ4n) is 3.77. The monoisotopic (exact) mass is 418 g/mol. The van der Waals surface area contributed by atoms with Gasteiger partial charge in [-0.05, 0) is 31.2 Å². The molecule has 0 radical (unpaired) electrons. The molecule has 2 aromatic heterocycles. The highest BCUT2D eigenvalue weighted by atomic mass is 32.1.